The summed E-state index contributed by atoms with van der Waals surface area (Å²) in [4.78, 5) is 1.79. The maximum atomic E-state index is 8.48. The molecule has 162 valence electrons. The van der Waals surface area contributed by atoms with Crippen LogP contribution in [0, 0.1) is 0 Å². The van der Waals surface area contributed by atoms with Gasteiger partial charge in [-0.25, -0.2) is 0 Å². The van der Waals surface area contributed by atoms with Crippen molar-refractivity contribution in [3.05, 3.63) is 0 Å². The Bertz CT molecular complexity index is 285. The van der Waals surface area contributed by atoms with Gasteiger partial charge in [0.1, 0.15) is 0 Å². The van der Waals surface area contributed by atoms with E-state index in [4.69, 9.17) is 33.9 Å². The number of nitrogens with zero attached hydrogens (tertiary/aromatic N) is 1. The summed E-state index contributed by atoms with van der Waals surface area (Å²) in [5.74, 6) is 0. The van der Waals surface area contributed by atoms with E-state index in [0.29, 0.717) is 46.1 Å². The molecule has 2 rings (SSSR count). The normalized spacial score (nSPS) is 21.8. The van der Waals surface area contributed by atoms with Crippen LogP contribution in [-0.4, -0.2) is 93.1 Å². The summed E-state index contributed by atoms with van der Waals surface area (Å²) in [5.41, 5.74) is 0. The zero-order valence-corrected chi connectivity index (χ0v) is 16.7. The third kappa shape index (κ3) is 12.0. The third-order valence-corrected chi connectivity index (χ3v) is 4.61. The third-order valence-electron chi connectivity index (χ3n) is 4.61. The Morgan fingerprint density at radius 1 is 0.556 bits per heavy atom. The number of hydrogen-bond donors (Lipinski definition) is 3. The smallest absolute Gasteiger partial charge is 0.518 e. The summed E-state index contributed by atoms with van der Waals surface area (Å²) >= 11 is 0. The molecule has 2 aliphatic heterocycles. The Hall–Kier alpha value is -0.255. The monoisotopic (exact) mass is 393 g/mol. The number of aliphatic hydroxyl groups is 3. The van der Waals surface area contributed by atoms with Gasteiger partial charge >= 0.3 is 8.38 Å². The molecule has 0 aromatic carbocycles. The van der Waals surface area contributed by atoms with Crippen molar-refractivity contribution in [2.45, 2.75) is 51.4 Å². The van der Waals surface area contributed by atoms with Crippen molar-refractivity contribution in [3.63, 3.8) is 0 Å². The number of hydrogen-bond acceptors (Lipinski definition) is 8. The van der Waals surface area contributed by atoms with Crippen molar-refractivity contribution in [1.29, 1.82) is 0 Å². The molecule has 2 heterocycles. The molecular formula is C18H40BNO7. The highest BCUT2D eigenvalue weighted by Gasteiger charge is 2.32. The quantitative estimate of drug-likeness (QED) is 0.575. The first-order valence-electron chi connectivity index (χ1n) is 10.5. The lowest BCUT2D eigenvalue weighted by atomic mass is 10.0. The molecule has 3 N–H and O–H groups in total. The van der Waals surface area contributed by atoms with E-state index >= 15 is 0 Å². The second kappa shape index (κ2) is 16.7. The molecule has 0 aliphatic carbocycles. The minimum Gasteiger partial charge on any atom is -0.518 e. The molecule has 2 aliphatic rings. The van der Waals surface area contributed by atoms with Gasteiger partial charge in [-0.3, -0.25) is 4.90 Å². The van der Waals surface area contributed by atoms with Gasteiger partial charge in [-0.2, -0.15) is 0 Å². The molecule has 0 radical (unpaired) electrons. The molecule has 8 nitrogen and oxygen atoms in total. The van der Waals surface area contributed by atoms with Gasteiger partial charge in [0.15, 0.2) is 0 Å². The van der Waals surface area contributed by atoms with Gasteiger partial charge in [0, 0.05) is 46.1 Å². The molecule has 0 aromatic heterocycles. The van der Waals surface area contributed by atoms with E-state index in [2.05, 4.69) is 0 Å². The fourth-order valence-electron chi connectivity index (χ4n) is 3.07. The van der Waals surface area contributed by atoms with E-state index in [1.54, 1.807) is 4.90 Å². The lowest BCUT2D eigenvalue weighted by molar-refractivity contribution is -0.0315. The Kier molecular flexibility index (Phi) is 15.3. The van der Waals surface area contributed by atoms with Crippen molar-refractivity contribution in [2.75, 3.05) is 65.9 Å². The predicted octanol–water partition coefficient (Wildman–Crippen LogP) is 1.01. The topological polar surface area (TPSA) is 101 Å². The largest absolute Gasteiger partial charge is 1.00 e. The van der Waals surface area contributed by atoms with Gasteiger partial charge < -0.3 is 33.9 Å². The Morgan fingerprint density at radius 2 is 0.852 bits per heavy atom. The number of aliphatic hydroxyl groups excluding tert-OH is 3. The maximum absolute atomic E-state index is 8.48. The summed E-state index contributed by atoms with van der Waals surface area (Å²) in [6, 6.07) is 0. The minimum absolute atomic E-state index is 0. The van der Waals surface area contributed by atoms with Crippen molar-refractivity contribution in [3.8, 4) is 0 Å². The highest BCUT2D eigenvalue weighted by Crippen LogP contribution is 2.19. The Morgan fingerprint density at radius 3 is 1.11 bits per heavy atom. The molecule has 2 fully saturated rings. The van der Waals surface area contributed by atoms with Crippen LogP contribution >= 0.6 is 0 Å². The Balaban J connectivity index is 0.000000577. The van der Waals surface area contributed by atoms with E-state index in [-0.39, 0.29) is 21.2 Å². The van der Waals surface area contributed by atoms with Gasteiger partial charge in [-0.05, 0) is 25.7 Å². The van der Waals surface area contributed by atoms with Crippen LogP contribution in [0.1, 0.15) is 52.8 Å². The van der Waals surface area contributed by atoms with Crippen LogP contribution < -0.4 is 0 Å². The van der Waals surface area contributed by atoms with E-state index in [0.717, 1.165) is 25.7 Å². The van der Waals surface area contributed by atoms with Gasteiger partial charge in [-0.15, -0.1) is 0 Å². The first-order valence-corrected chi connectivity index (χ1v) is 10.5. The molecular weight excluding hydrogens is 353 g/mol. The second-order valence-electron chi connectivity index (χ2n) is 6.90. The highest BCUT2D eigenvalue weighted by atomic mass is 16.9. The molecule has 9 heteroatoms. The molecule has 0 aromatic rings. The first kappa shape index (κ1) is 24.8. The van der Waals surface area contributed by atoms with Crippen LogP contribution in [0.15, 0.2) is 0 Å². The average Bonchev–Trinajstić information content (AvgIpc) is 2.85. The van der Waals surface area contributed by atoms with Crippen LogP contribution in [0.2, 0.25) is 0 Å². The molecule has 0 amide bonds. The van der Waals surface area contributed by atoms with E-state index in [1.165, 1.54) is 25.7 Å². The van der Waals surface area contributed by atoms with Crippen molar-refractivity contribution >= 4 is 6.96 Å². The van der Waals surface area contributed by atoms with Crippen molar-refractivity contribution in [1.82, 2.24) is 4.90 Å². The van der Waals surface area contributed by atoms with Crippen LogP contribution in [0.3, 0.4) is 0 Å². The maximum Gasteiger partial charge on any atom is 1.00 e. The first-order chi connectivity index (χ1) is 13.3. The zero-order chi connectivity index (χ0) is 19.6. The van der Waals surface area contributed by atoms with E-state index < -0.39 is 6.96 Å². The fourth-order valence-corrected chi connectivity index (χ4v) is 3.07. The molecule has 0 bridgehead atoms. The SMILES string of the molecule is C1CCCO[B-]2(OCC1)OCCCCCCO2.OCCN(CCO)CCO.[H+]. The van der Waals surface area contributed by atoms with Gasteiger partial charge in [0.05, 0.1) is 19.8 Å². The summed E-state index contributed by atoms with van der Waals surface area (Å²) in [6.07, 6.45) is 9.09. The number of rotatable bonds is 6. The Labute approximate surface area is 165 Å². The van der Waals surface area contributed by atoms with Crippen LogP contribution in [0.25, 0.3) is 0 Å². The lowest BCUT2D eigenvalue weighted by Crippen LogP contribution is -2.49. The average molecular weight is 393 g/mol. The predicted molar refractivity (Wildman–Crippen MR) is 105 cm³/mol. The second-order valence-corrected chi connectivity index (χ2v) is 6.90. The molecule has 2 saturated heterocycles. The van der Waals surface area contributed by atoms with Crippen molar-refractivity contribution < 1.29 is 35.4 Å². The van der Waals surface area contributed by atoms with Crippen LogP contribution in [0.5, 0.6) is 0 Å². The van der Waals surface area contributed by atoms with Crippen LogP contribution in [0.4, 0.5) is 0 Å². The van der Waals surface area contributed by atoms with E-state index in [1.807, 2.05) is 0 Å². The van der Waals surface area contributed by atoms with Gasteiger partial charge in [0.25, 0.3) is 0 Å². The fraction of sp³-hybridized carbons (Fsp3) is 1.00. The zero-order valence-electron chi connectivity index (χ0n) is 17.7. The summed E-state index contributed by atoms with van der Waals surface area (Å²) in [5, 5.41) is 25.5. The van der Waals surface area contributed by atoms with Gasteiger partial charge in [0.2, 0.25) is 0 Å². The van der Waals surface area contributed by atoms with Gasteiger partial charge in [-0.1, -0.05) is 25.7 Å². The minimum atomic E-state index is -1.93. The highest BCUT2D eigenvalue weighted by molar-refractivity contribution is 6.53. The van der Waals surface area contributed by atoms with Crippen LogP contribution in [-0.2, 0) is 18.6 Å². The standard InChI is InChI=1S/C12H24BO4.C6H15NO3/c1-2-6-10-15-13(14-9-5-1)16-11-7-3-4-8-12-17-13;8-4-1-7(2-5-9)3-6-10/h1-12H2;8-10H,1-6H2/q-1;/p+1. The summed E-state index contributed by atoms with van der Waals surface area (Å²) in [7, 11) is 0. The molecule has 1 spiro atoms. The molecule has 0 unspecified atom stereocenters. The van der Waals surface area contributed by atoms with E-state index in [9.17, 15) is 0 Å². The summed E-state index contributed by atoms with van der Waals surface area (Å²) < 4.78 is 23.1. The molecule has 0 saturated carbocycles. The van der Waals surface area contributed by atoms with Crippen molar-refractivity contribution in [2.24, 2.45) is 0 Å². The molecule has 0 atom stereocenters. The summed E-state index contributed by atoms with van der Waals surface area (Å²) in [6.45, 7) is 2.55. The lowest BCUT2D eigenvalue weighted by Gasteiger charge is -2.40. The molecule has 27 heavy (non-hydrogen) atoms.